The third kappa shape index (κ3) is 2.21. The fourth-order valence-corrected chi connectivity index (χ4v) is 2.49. The summed E-state index contributed by atoms with van der Waals surface area (Å²) in [6.45, 7) is 1.96. The lowest BCUT2D eigenvalue weighted by molar-refractivity contribution is 0.415. The van der Waals surface area contributed by atoms with E-state index in [0.29, 0.717) is 11.3 Å². The highest BCUT2D eigenvalue weighted by molar-refractivity contribution is 5.88. The number of benzene rings is 2. The van der Waals surface area contributed by atoms with Gasteiger partial charge in [0.15, 0.2) is 0 Å². The first-order valence-electron chi connectivity index (χ1n) is 6.68. The summed E-state index contributed by atoms with van der Waals surface area (Å²) in [6.07, 6.45) is 0. The summed E-state index contributed by atoms with van der Waals surface area (Å²) in [4.78, 5) is 4.67. The summed E-state index contributed by atoms with van der Waals surface area (Å²) in [6, 6.07) is 17.8. The van der Waals surface area contributed by atoms with Crippen molar-refractivity contribution < 1.29 is 4.74 Å². The van der Waals surface area contributed by atoms with Crippen molar-refractivity contribution in [3.8, 4) is 23.1 Å². The summed E-state index contributed by atoms with van der Waals surface area (Å²) < 4.78 is 5.26. The number of hydrogen-bond acceptors (Lipinski definition) is 3. The minimum absolute atomic E-state index is 0.613. The summed E-state index contributed by atoms with van der Waals surface area (Å²) in [5.74, 6) is 0.754. The number of rotatable bonds is 2. The van der Waals surface area contributed by atoms with E-state index in [2.05, 4.69) is 11.1 Å². The van der Waals surface area contributed by atoms with Crippen LogP contribution in [-0.2, 0) is 0 Å². The van der Waals surface area contributed by atoms with Crippen LogP contribution in [-0.4, -0.2) is 12.1 Å². The van der Waals surface area contributed by atoms with Crippen LogP contribution in [0.4, 0.5) is 0 Å². The van der Waals surface area contributed by atoms with Crippen molar-refractivity contribution in [1.82, 2.24) is 4.98 Å². The van der Waals surface area contributed by atoms with Crippen molar-refractivity contribution in [3.63, 3.8) is 0 Å². The van der Waals surface area contributed by atoms with Crippen LogP contribution in [0.2, 0.25) is 0 Å². The third-order valence-corrected chi connectivity index (χ3v) is 3.61. The lowest BCUT2D eigenvalue weighted by Crippen LogP contribution is -1.96. The van der Waals surface area contributed by atoms with Crippen LogP contribution >= 0.6 is 0 Å². The second-order valence-corrected chi connectivity index (χ2v) is 4.82. The third-order valence-electron chi connectivity index (χ3n) is 3.61. The van der Waals surface area contributed by atoms with E-state index in [1.54, 1.807) is 7.11 Å². The number of nitriles is 1. The molecule has 1 aromatic heterocycles. The van der Waals surface area contributed by atoms with Crippen molar-refractivity contribution in [3.05, 3.63) is 59.7 Å². The smallest absolute Gasteiger partial charge is 0.119 e. The van der Waals surface area contributed by atoms with E-state index in [-0.39, 0.29) is 0 Å². The molecule has 3 aromatic rings. The van der Waals surface area contributed by atoms with Gasteiger partial charge in [0, 0.05) is 10.9 Å². The van der Waals surface area contributed by atoms with Crippen molar-refractivity contribution in [2.45, 2.75) is 6.92 Å². The van der Waals surface area contributed by atoms with Crippen LogP contribution in [0.25, 0.3) is 22.2 Å². The second kappa shape index (κ2) is 5.26. The Kier molecular flexibility index (Phi) is 3.29. The lowest BCUT2D eigenvalue weighted by Gasteiger charge is -2.10. The van der Waals surface area contributed by atoms with E-state index >= 15 is 0 Å². The summed E-state index contributed by atoms with van der Waals surface area (Å²) >= 11 is 0. The molecule has 0 radical (unpaired) electrons. The summed E-state index contributed by atoms with van der Waals surface area (Å²) in [7, 11) is 1.63. The van der Waals surface area contributed by atoms with Crippen LogP contribution in [0, 0.1) is 18.3 Å². The van der Waals surface area contributed by atoms with Crippen LogP contribution < -0.4 is 4.74 Å². The number of ether oxygens (including phenoxy) is 1. The predicted octanol–water partition coefficient (Wildman–Crippen LogP) is 4.09. The van der Waals surface area contributed by atoms with Gasteiger partial charge in [-0.15, -0.1) is 0 Å². The first-order valence-corrected chi connectivity index (χ1v) is 6.68. The zero-order valence-electron chi connectivity index (χ0n) is 11.9. The highest BCUT2D eigenvalue weighted by Crippen LogP contribution is 2.30. The molecule has 0 aliphatic heterocycles. The van der Waals surface area contributed by atoms with E-state index in [4.69, 9.17) is 4.74 Å². The standard InChI is InChI=1S/C18H14N2O/c1-12-15-8-3-4-9-17(15)20-18(16(12)11-19)13-6-5-7-14(10-13)21-2/h3-10H,1-2H3. The summed E-state index contributed by atoms with van der Waals surface area (Å²) in [5, 5.41) is 10.5. The molecule has 3 nitrogen and oxygen atoms in total. The number of fused-ring (bicyclic) bond motifs is 1. The van der Waals surface area contributed by atoms with Gasteiger partial charge in [0.2, 0.25) is 0 Å². The van der Waals surface area contributed by atoms with Gasteiger partial charge in [-0.1, -0.05) is 30.3 Å². The molecular weight excluding hydrogens is 260 g/mol. The van der Waals surface area contributed by atoms with Crippen LogP contribution in [0.15, 0.2) is 48.5 Å². The Labute approximate surface area is 123 Å². The SMILES string of the molecule is COc1cccc(-c2nc3ccccc3c(C)c2C#N)c1. The van der Waals surface area contributed by atoms with Crippen LogP contribution in [0.3, 0.4) is 0 Å². The number of para-hydroxylation sites is 1. The monoisotopic (exact) mass is 274 g/mol. The largest absolute Gasteiger partial charge is 0.497 e. The van der Waals surface area contributed by atoms with E-state index in [1.807, 2.05) is 55.5 Å². The van der Waals surface area contributed by atoms with Gasteiger partial charge in [-0.2, -0.15) is 5.26 Å². The fraction of sp³-hybridized carbons (Fsp3) is 0.111. The minimum Gasteiger partial charge on any atom is -0.497 e. The molecule has 0 fully saturated rings. The van der Waals surface area contributed by atoms with Crippen molar-refractivity contribution in [2.24, 2.45) is 0 Å². The molecule has 0 atom stereocenters. The number of aromatic nitrogens is 1. The Hall–Kier alpha value is -2.86. The first-order chi connectivity index (χ1) is 10.2. The molecule has 0 N–H and O–H groups in total. The maximum Gasteiger partial charge on any atom is 0.119 e. The Morgan fingerprint density at radius 2 is 1.90 bits per heavy atom. The normalized spacial score (nSPS) is 10.3. The molecule has 21 heavy (non-hydrogen) atoms. The topological polar surface area (TPSA) is 45.9 Å². The maximum atomic E-state index is 9.53. The zero-order chi connectivity index (χ0) is 14.8. The number of hydrogen-bond donors (Lipinski definition) is 0. The Morgan fingerprint density at radius 3 is 2.67 bits per heavy atom. The molecule has 0 unspecified atom stereocenters. The number of nitrogens with zero attached hydrogens (tertiary/aromatic N) is 2. The van der Waals surface area contributed by atoms with Crippen molar-refractivity contribution >= 4 is 10.9 Å². The summed E-state index contributed by atoms with van der Waals surface area (Å²) in [5.41, 5.74) is 4.06. The predicted molar refractivity (Wildman–Crippen MR) is 83.2 cm³/mol. The fourth-order valence-electron chi connectivity index (χ4n) is 2.49. The molecule has 0 spiro atoms. The quantitative estimate of drug-likeness (QED) is 0.707. The molecule has 0 amide bonds. The number of aryl methyl sites for hydroxylation is 1. The molecule has 0 saturated carbocycles. The minimum atomic E-state index is 0.613. The van der Waals surface area contributed by atoms with Crippen LogP contribution in [0.1, 0.15) is 11.1 Å². The molecular formula is C18H14N2O. The molecule has 3 rings (SSSR count). The molecule has 3 heteroatoms. The van der Waals surface area contributed by atoms with E-state index in [0.717, 1.165) is 27.8 Å². The van der Waals surface area contributed by atoms with Gasteiger partial charge >= 0.3 is 0 Å². The lowest BCUT2D eigenvalue weighted by atomic mass is 9.98. The molecule has 0 saturated heterocycles. The van der Waals surface area contributed by atoms with Gasteiger partial charge < -0.3 is 4.74 Å². The van der Waals surface area contributed by atoms with Gasteiger partial charge in [-0.05, 0) is 30.7 Å². The molecule has 0 aliphatic carbocycles. The van der Waals surface area contributed by atoms with E-state index in [1.165, 1.54) is 0 Å². The number of methoxy groups -OCH3 is 1. The van der Waals surface area contributed by atoms with Gasteiger partial charge in [0.1, 0.15) is 11.8 Å². The van der Waals surface area contributed by atoms with Gasteiger partial charge in [-0.25, -0.2) is 4.98 Å². The molecule has 2 aromatic carbocycles. The Morgan fingerprint density at radius 1 is 1.10 bits per heavy atom. The highest BCUT2D eigenvalue weighted by Gasteiger charge is 2.13. The number of pyridine rings is 1. The Balaban J connectivity index is 2.33. The average Bonchev–Trinajstić information content (AvgIpc) is 2.55. The molecule has 1 heterocycles. The average molecular weight is 274 g/mol. The van der Waals surface area contributed by atoms with Crippen LogP contribution in [0.5, 0.6) is 5.75 Å². The van der Waals surface area contributed by atoms with Gasteiger partial charge in [0.05, 0.1) is 23.9 Å². The maximum absolute atomic E-state index is 9.53. The highest BCUT2D eigenvalue weighted by atomic mass is 16.5. The molecule has 0 bridgehead atoms. The van der Waals surface area contributed by atoms with Gasteiger partial charge in [0.25, 0.3) is 0 Å². The van der Waals surface area contributed by atoms with Crippen molar-refractivity contribution in [2.75, 3.05) is 7.11 Å². The van der Waals surface area contributed by atoms with E-state index < -0.39 is 0 Å². The van der Waals surface area contributed by atoms with E-state index in [9.17, 15) is 5.26 Å². The molecule has 0 aliphatic rings. The first kappa shape index (κ1) is 13.1. The zero-order valence-corrected chi connectivity index (χ0v) is 11.9. The van der Waals surface area contributed by atoms with Gasteiger partial charge in [-0.3, -0.25) is 0 Å². The van der Waals surface area contributed by atoms with Crippen molar-refractivity contribution in [1.29, 1.82) is 5.26 Å². The Bertz CT molecular complexity index is 863. The molecule has 102 valence electrons. The second-order valence-electron chi connectivity index (χ2n) is 4.82.